The average molecular weight is 389 g/mol. The molecule has 1 heterocycles. The first-order valence-corrected chi connectivity index (χ1v) is 8.38. The molecular formula is C19H18F3N5O. The fourth-order valence-electron chi connectivity index (χ4n) is 2.64. The molecule has 28 heavy (non-hydrogen) atoms. The van der Waals surface area contributed by atoms with Gasteiger partial charge in [-0.25, -0.2) is 4.68 Å². The normalized spacial score (nSPS) is 11.3. The van der Waals surface area contributed by atoms with Crippen LogP contribution in [0.15, 0.2) is 54.7 Å². The molecule has 0 spiro atoms. The highest BCUT2D eigenvalue weighted by atomic mass is 19.4. The lowest BCUT2D eigenvalue weighted by Crippen LogP contribution is -2.18. The number of nitrogens with zero attached hydrogens (tertiary/aromatic N) is 4. The summed E-state index contributed by atoms with van der Waals surface area (Å²) in [7, 11) is 3.35. The van der Waals surface area contributed by atoms with Gasteiger partial charge in [0.1, 0.15) is 0 Å². The second kappa shape index (κ2) is 7.71. The van der Waals surface area contributed by atoms with Gasteiger partial charge in [0.25, 0.3) is 5.91 Å². The van der Waals surface area contributed by atoms with Gasteiger partial charge in [0.2, 0.25) is 0 Å². The lowest BCUT2D eigenvalue weighted by molar-refractivity contribution is -0.137. The summed E-state index contributed by atoms with van der Waals surface area (Å²) >= 11 is 0. The predicted octanol–water partition coefficient (Wildman–Crippen LogP) is 3.66. The van der Waals surface area contributed by atoms with Crippen molar-refractivity contribution in [2.45, 2.75) is 12.7 Å². The first kappa shape index (κ1) is 19.4. The van der Waals surface area contributed by atoms with Gasteiger partial charge in [-0.3, -0.25) is 4.79 Å². The maximum Gasteiger partial charge on any atom is 0.416 e. The molecule has 0 saturated carbocycles. The summed E-state index contributed by atoms with van der Waals surface area (Å²) in [6, 6.07) is 12.7. The Labute approximate surface area is 159 Å². The average Bonchev–Trinajstić information content (AvgIpc) is 3.10. The standard InChI is InChI=1S/C19H18F3N5O/c1-26(2)17-9-8-14(19(20,21)22)10-15(17)23-18(28)16-12-27(25-24-16)11-13-6-4-3-5-7-13/h3-10,12H,11H2,1-2H3,(H,23,28). The number of nitrogens with one attached hydrogen (secondary N) is 1. The molecule has 0 fully saturated rings. The van der Waals surface area contributed by atoms with E-state index in [0.717, 1.165) is 17.7 Å². The minimum atomic E-state index is -4.51. The second-order valence-corrected chi connectivity index (χ2v) is 6.37. The number of carbonyl (C=O) groups excluding carboxylic acids is 1. The van der Waals surface area contributed by atoms with E-state index in [1.54, 1.807) is 19.0 Å². The Morgan fingerprint density at radius 2 is 1.86 bits per heavy atom. The number of amides is 1. The maximum absolute atomic E-state index is 13.0. The molecule has 9 heteroatoms. The summed E-state index contributed by atoms with van der Waals surface area (Å²) in [6.45, 7) is 0.424. The van der Waals surface area contributed by atoms with E-state index in [0.29, 0.717) is 12.2 Å². The molecule has 1 aromatic heterocycles. The number of alkyl halides is 3. The maximum atomic E-state index is 13.0. The predicted molar refractivity (Wildman–Crippen MR) is 99.3 cm³/mol. The number of carbonyl (C=O) groups is 1. The molecule has 0 saturated heterocycles. The van der Waals surface area contributed by atoms with Crippen LogP contribution >= 0.6 is 0 Å². The SMILES string of the molecule is CN(C)c1ccc(C(F)(F)F)cc1NC(=O)c1cn(Cc2ccccc2)nn1. The molecule has 0 radical (unpaired) electrons. The summed E-state index contributed by atoms with van der Waals surface area (Å²) in [5.41, 5.74) is 0.631. The van der Waals surface area contributed by atoms with Crippen molar-refractivity contribution in [2.75, 3.05) is 24.3 Å². The molecule has 146 valence electrons. The lowest BCUT2D eigenvalue weighted by Gasteiger charge is -2.19. The summed E-state index contributed by atoms with van der Waals surface area (Å²) in [6.07, 6.45) is -3.06. The fraction of sp³-hybridized carbons (Fsp3) is 0.211. The van der Waals surface area contributed by atoms with Crippen LogP contribution in [0, 0.1) is 0 Å². The summed E-state index contributed by atoms with van der Waals surface area (Å²) < 4.78 is 40.5. The minimum absolute atomic E-state index is 0.0121. The number of hydrogen-bond acceptors (Lipinski definition) is 4. The smallest absolute Gasteiger partial charge is 0.376 e. The van der Waals surface area contributed by atoms with E-state index in [4.69, 9.17) is 0 Å². The third kappa shape index (κ3) is 4.48. The van der Waals surface area contributed by atoms with Gasteiger partial charge in [0.05, 0.1) is 29.7 Å². The Morgan fingerprint density at radius 3 is 2.50 bits per heavy atom. The zero-order valence-corrected chi connectivity index (χ0v) is 15.2. The van der Waals surface area contributed by atoms with Crippen LogP contribution in [0.5, 0.6) is 0 Å². The number of hydrogen-bond donors (Lipinski definition) is 1. The molecule has 1 amide bonds. The molecule has 3 aromatic rings. The third-order valence-electron chi connectivity index (χ3n) is 4.01. The molecule has 0 bridgehead atoms. The van der Waals surface area contributed by atoms with Gasteiger partial charge in [-0.2, -0.15) is 13.2 Å². The molecule has 0 atom stereocenters. The monoisotopic (exact) mass is 389 g/mol. The van der Waals surface area contributed by atoms with E-state index in [9.17, 15) is 18.0 Å². The van der Waals surface area contributed by atoms with E-state index in [2.05, 4.69) is 15.6 Å². The highest BCUT2D eigenvalue weighted by Gasteiger charge is 2.31. The van der Waals surface area contributed by atoms with Crippen LogP contribution in [-0.2, 0) is 12.7 Å². The highest BCUT2D eigenvalue weighted by Crippen LogP contribution is 2.35. The van der Waals surface area contributed by atoms with E-state index in [-0.39, 0.29) is 11.4 Å². The Morgan fingerprint density at radius 1 is 1.14 bits per heavy atom. The van der Waals surface area contributed by atoms with Crippen molar-refractivity contribution in [2.24, 2.45) is 0 Å². The van der Waals surface area contributed by atoms with E-state index in [1.807, 2.05) is 30.3 Å². The zero-order valence-electron chi connectivity index (χ0n) is 15.2. The third-order valence-corrected chi connectivity index (χ3v) is 4.01. The van der Waals surface area contributed by atoms with Gasteiger partial charge >= 0.3 is 6.18 Å². The molecule has 3 rings (SSSR count). The van der Waals surface area contributed by atoms with Crippen LogP contribution in [0.3, 0.4) is 0 Å². The fourth-order valence-corrected chi connectivity index (χ4v) is 2.64. The Balaban J connectivity index is 1.81. The molecular weight excluding hydrogens is 371 g/mol. The van der Waals surface area contributed by atoms with Gasteiger partial charge in [0.15, 0.2) is 5.69 Å². The number of rotatable bonds is 5. The van der Waals surface area contributed by atoms with Crippen molar-refractivity contribution in [3.63, 3.8) is 0 Å². The largest absolute Gasteiger partial charge is 0.416 e. The molecule has 6 nitrogen and oxygen atoms in total. The lowest BCUT2D eigenvalue weighted by atomic mass is 10.1. The van der Waals surface area contributed by atoms with Crippen molar-refractivity contribution in [3.8, 4) is 0 Å². The van der Waals surface area contributed by atoms with Crippen LogP contribution in [0.25, 0.3) is 0 Å². The topological polar surface area (TPSA) is 63.1 Å². The first-order chi connectivity index (χ1) is 13.2. The van der Waals surface area contributed by atoms with Gasteiger partial charge < -0.3 is 10.2 Å². The molecule has 0 aliphatic heterocycles. The van der Waals surface area contributed by atoms with Gasteiger partial charge in [-0.1, -0.05) is 35.5 Å². The van der Waals surface area contributed by atoms with Crippen LogP contribution < -0.4 is 10.2 Å². The summed E-state index contributed by atoms with van der Waals surface area (Å²) in [5.74, 6) is -0.637. The Bertz CT molecular complexity index is 967. The van der Waals surface area contributed by atoms with Gasteiger partial charge in [0, 0.05) is 14.1 Å². The highest BCUT2D eigenvalue weighted by molar-refractivity contribution is 6.04. The first-order valence-electron chi connectivity index (χ1n) is 8.38. The van der Waals surface area contributed by atoms with Gasteiger partial charge in [-0.05, 0) is 23.8 Å². The van der Waals surface area contributed by atoms with Crippen LogP contribution in [-0.4, -0.2) is 35.0 Å². The van der Waals surface area contributed by atoms with Crippen LogP contribution in [0.4, 0.5) is 24.5 Å². The minimum Gasteiger partial charge on any atom is -0.376 e. The van der Waals surface area contributed by atoms with Crippen LogP contribution in [0.1, 0.15) is 21.6 Å². The summed E-state index contributed by atoms with van der Waals surface area (Å²) in [5, 5.41) is 10.2. The zero-order chi connectivity index (χ0) is 20.3. The van der Waals surface area contributed by atoms with Crippen molar-refractivity contribution >= 4 is 17.3 Å². The summed E-state index contributed by atoms with van der Waals surface area (Å²) in [4.78, 5) is 14.1. The van der Waals surface area contributed by atoms with Crippen LogP contribution in [0.2, 0.25) is 0 Å². The molecule has 1 N–H and O–H groups in total. The quantitative estimate of drug-likeness (QED) is 0.723. The van der Waals surface area contributed by atoms with Crippen molar-refractivity contribution < 1.29 is 18.0 Å². The van der Waals surface area contributed by atoms with Crippen molar-refractivity contribution in [3.05, 3.63) is 71.5 Å². The van der Waals surface area contributed by atoms with Crippen molar-refractivity contribution in [1.82, 2.24) is 15.0 Å². The molecule has 0 aliphatic carbocycles. The number of anilines is 2. The number of benzene rings is 2. The Hall–Kier alpha value is -3.36. The van der Waals surface area contributed by atoms with E-state index >= 15 is 0 Å². The van der Waals surface area contributed by atoms with E-state index < -0.39 is 17.6 Å². The molecule has 2 aromatic carbocycles. The molecule has 0 unspecified atom stereocenters. The second-order valence-electron chi connectivity index (χ2n) is 6.37. The number of halogens is 3. The molecule has 0 aliphatic rings. The van der Waals surface area contributed by atoms with Crippen molar-refractivity contribution in [1.29, 1.82) is 0 Å². The number of aromatic nitrogens is 3. The van der Waals surface area contributed by atoms with Gasteiger partial charge in [-0.15, -0.1) is 5.10 Å². The van der Waals surface area contributed by atoms with E-state index in [1.165, 1.54) is 16.9 Å². The Kier molecular flexibility index (Phi) is 5.34.